The smallest absolute Gasteiger partial charge is 0.328 e. The molecule has 2 rings (SSSR count). The molecular formula is C16H21NO4. The summed E-state index contributed by atoms with van der Waals surface area (Å²) in [5.74, 6) is -0.129. The lowest BCUT2D eigenvalue weighted by Crippen LogP contribution is -2.42. The van der Waals surface area contributed by atoms with Crippen LogP contribution in [0.5, 0.6) is 5.75 Å². The number of methoxy groups -OCH3 is 1. The third-order valence-corrected chi connectivity index (χ3v) is 3.60. The van der Waals surface area contributed by atoms with Crippen LogP contribution in [0.4, 0.5) is 0 Å². The normalized spacial score (nSPS) is 19.8. The first-order valence-electron chi connectivity index (χ1n) is 7.00. The summed E-state index contributed by atoms with van der Waals surface area (Å²) in [6, 6.07) is 6.06. The second kappa shape index (κ2) is 7.24. The van der Waals surface area contributed by atoms with Crippen LogP contribution < -0.4 is 4.74 Å². The van der Waals surface area contributed by atoms with Gasteiger partial charge in [0.2, 0.25) is 0 Å². The number of hydrogen-bond acceptors (Lipinski definition) is 4. The molecule has 5 heteroatoms. The van der Waals surface area contributed by atoms with Gasteiger partial charge in [-0.25, -0.2) is 4.79 Å². The standard InChI is InChI=1S/C16H21NO4/c1-12-11-21-8-7-17(12)10-14-9-13(4-6-16(18)19)3-5-15(14)20-2/h3-6,9,12H,7-8,10-11H2,1-2H3,(H,18,19). The molecule has 0 radical (unpaired) electrons. The molecule has 1 heterocycles. The number of hydrogen-bond donors (Lipinski definition) is 1. The number of benzene rings is 1. The highest BCUT2D eigenvalue weighted by atomic mass is 16.5. The van der Waals surface area contributed by atoms with Crippen LogP contribution >= 0.6 is 0 Å². The van der Waals surface area contributed by atoms with E-state index in [4.69, 9.17) is 14.6 Å². The number of morpholine rings is 1. The Morgan fingerprint density at radius 2 is 2.38 bits per heavy atom. The number of rotatable bonds is 5. The molecule has 5 nitrogen and oxygen atoms in total. The average molecular weight is 291 g/mol. The maximum Gasteiger partial charge on any atom is 0.328 e. The molecule has 1 aliphatic heterocycles. The number of aliphatic carboxylic acids is 1. The zero-order valence-electron chi connectivity index (χ0n) is 12.4. The Bertz CT molecular complexity index is 527. The topological polar surface area (TPSA) is 59.0 Å². The van der Waals surface area contributed by atoms with Crippen LogP contribution in [0.2, 0.25) is 0 Å². The van der Waals surface area contributed by atoms with Crippen LogP contribution in [-0.4, -0.2) is 48.9 Å². The van der Waals surface area contributed by atoms with Crippen molar-refractivity contribution in [2.24, 2.45) is 0 Å². The van der Waals surface area contributed by atoms with Gasteiger partial charge in [-0.15, -0.1) is 0 Å². The predicted molar refractivity (Wildman–Crippen MR) is 80.4 cm³/mol. The molecule has 0 amide bonds. The number of carbonyl (C=O) groups is 1. The van der Waals surface area contributed by atoms with Crippen LogP contribution in [-0.2, 0) is 16.1 Å². The molecule has 1 aliphatic rings. The van der Waals surface area contributed by atoms with Crippen molar-refractivity contribution >= 4 is 12.0 Å². The fraction of sp³-hybridized carbons (Fsp3) is 0.438. The second-order valence-electron chi connectivity index (χ2n) is 5.14. The SMILES string of the molecule is COc1ccc(C=CC(=O)O)cc1CN1CCOCC1C. The van der Waals surface area contributed by atoms with Crippen LogP contribution in [0.1, 0.15) is 18.1 Å². The molecule has 21 heavy (non-hydrogen) atoms. The van der Waals surface area contributed by atoms with E-state index in [0.29, 0.717) is 6.04 Å². The summed E-state index contributed by atoms with van der Waals surface area (Å²) in [7, 11) is 1.65. The fourth-order valence-electron chi connectivity index (χ4n) is 2.41. The molecule has 0 saturated carbocycles. The molecule has 0 spiro atoms. The highest BCUT2D eigenvalue weighted by molar-refractivity contribution is 5.85. The van der Waals surface area contributed by atoms with Gasteiger partial charge in [-0.05, 0) is 30.7 Å². The van der Waals surface area contributed by atoms with Gasteiger partial charge in [0.05, 0.1) is 20.3 Å². The molecule has 0 aromatic heterocycles. The molecule has 1 unspecified atom stereocenters. The summed E-state index contributed by atoms with van der Waals surface area (Å²) in [5.41, 5.74) is 1.91. The lowest BCUT2D eigenvalue weighted by atomic mass is 10.1. The number of carboxylic acid groups (broad SMARTS) is 1. The van der Waals surface area contributed by atoms with E-state index < -0.39 is 5.97 Å². The van der Waals surface area contributed by atoms with Gasteiger partial charge in [0, 0.05) is 30.8 Å². The van der Waals surface area contributed by atoms with Crippen molar-refractivity contribution in [2.75, 3.05) is 26.9 Å². The highest BCUT2D eigenvalue weighted by Crippen LogP contribution is 2.24. The van der Waals surface area contributed by atoms with E-state index in [0.717, 1.165) is 49.3 Å². The second-order valence-corrected chi connectivity index (χ2v) is 5.14. The Kier molecular flexibility index (Phi) is 5.36. The molecule has 114 valence electrons. The third kappa shape index (κ3) is 4.31. The molecule has 1 saturated heterocycles. The number of carboxylic acids is 1. The van der Waals surface area contributed by atoms with Crippen molar-refractivity contribution in [1.29, 1.82) is 0 Å². The Morgan fingerprint density at radius 1 is 1.57 bits per heavy atom. The maximum atomic E-state index is 10.6. The minimum absolute atomic E-state index is 0.363. The summed E-state index contributed by atoms with van der Waals surface area (Å²) in [6.45, 7) is 5.27. The van der Waals surface area contributed by atoms with Crippen molar-refractivity contribution in [3.63, 3.8) is 0 Å². The Balaban J connectivity index is 2.19. The first-order valence-corrected chi connectivity index (χ1v) is 7.00. The quantitative estimate of drug-likeness (QED) is 0.841. The number of ether oxygens (including phenoxy) is 2. The van der Waals surface area contributed by atoms with Crippen molar-refractivity contribution in [3.05, 3.63) is 35.4 Å². The van der Waals surface area contributed by atoms with Gasteiger partial charge in [-0.2, -0.15) is 0 Å². The third-order valence-electron chi connectivity index (χ3n) is 3.60. The average Bonchev–Trinajstić information content (AvgIpc) is 2.47. The Labute approximate surface area is 124 Å². The predicted octanol–water partition coefficient (Wildman–Crippen LogP) is 2.01. The first-order chi connectivity index (χ1) is 10.1. The lowest BCUT2D eigenvalue weighted by Gasteiger charge is -2.33. The highest BCUT2D eigenvalue weighted by Gasteiger charge is 2.20. The molecule has 0 aliphatic carbocycles. The number of nitrogens with zero attached hydrogens (tertiary/aromatic N) is 1. The Morgan fingerprint density at radius 3 is 3.05 bits per heavy atom. The van der Waals surface area contributed by atoms with Gasteiger partial charge in [0.1, 0.15) is 5.75 Å². The van der Waals surface area contributed by atoms with Crippen molar-refractivity contribution < 1.29 is 19.4 Å². The van der Waals surface area contributed by atoms with Gasteiger partial charge in [0.15, 0.2) is 0 Å². The minimum atomic E-state index is -0.950. The Hall–Kier alpha value is -1.85. The van der Waals surface area contributed by atoms with E-state index in [1.807, 2.05) is 18.2 Å². The molecular weight excluding hydrogens is 270 g/mol. The fourth-order valence-corrected chi connectivity index (χ4v) is 2.41. The van der Waals surface area contributed by atoms with Crippen LogP contribution in [0.15, 0.2) is 24.3 Å². The van der Waals surface area contributed by atoms with Crippen LogP contribution in [0.3, 0.4) is 0 Å². The van der Waals surface area contributed by atoms with E-state index in [1.54, 1.807) is 13.2 Å². The van der Waals surface area contributed by atoms with Crippen LogP contribution in [0.25, 0.3) is 6.08 Å². The van der Waals surface area contributed by atoms with E-state index >= 15 is 0 Å². The summed E-state index contributed by atoms with van der Waals surface area (Å²) < 4.78 is 10.8. The molecule has 0 bridgehead atoms. The lowest BCUT2D eigenvalue weighted by molar-refractivity contribution is -0.131. The van der Waals surface area contributed by atoms with Crippen molar-refractivity contribution in [2.45, 2.75) is 19.5 Å². The van der Waals surface area contributed by atoms with Crippen molar-refractivity contribution in [1.82, 2.24) is 4.90 Å². The summed E-state index contributed by atoms with van der Waals surface area (Å²) in [5, 5.41) is 8.71. The molecule has 1 aromatic rings. The van der Waals surface area contributed by atoms with E-state index in [9.17, 15) is 4.79 Å². The van der Waals surface area contributed by atoms with Gasteiger partial charge in [-0.3, -0.25) is 4.90 Å². The van der Waals surface area contributed by atoms with E-state index in [1.165, 1.54) is 0 Å². The molecule has 1 atom stereocenters. The zero-order chi connectivity index (χ0) is 15.2. The zero-order valence-corrected chi connectivity index (χ0v) is 12.4. The van der Waals surface area contributed by atoms with Gasteiger partial charge >= 0.3 is 5.97 Å². The summed E-state index contributed by atoms with van der Waals surface area (Å²) >= 11 is 0. The van der Waals surface area contributed by atoms with E-state index in [2.05, 4.69) is 11.8 Å². The summed E-state index contributed by atoms with van der Waals surface area (Å²) in [4.78, 5) is 12.9. The van der Waals surface area contributed by atoms with E-state index in [-0.39, 0.29) is 0 Å². The largest absolute Gasteiger partial charge is 0.496 e. The van der Waals surface area contributed by atoms with Crippen LogP contribution in [0, 0.1) is 0 Å². The van der Waals surface area contributed by atoms with Gasteiger partial charge in [0.25, 0.3) is 0 Å². The van der Waals surface area contributed by atoms with Gasteiger partial charge < -0.3 is 14.6 Å². The first kappa shape index (κ1) is 15.5. The molecule has 1 fully saturated rings. The van der Waals surface area contributed by atoms with Gasteiger partial charge in [-0.1, -0.05) is 6.07 Å². The summed E-state index contributed by atoms with van der Waals surface area (Å²) in [6.07, 6.45) is 2.73. The molecule has 1 N–H and O–H groups in total. The van der Waals surface area contributed by atoms with Crippen molar-refractivity contribution in [3.8, 4) is 5.75 Å². The monoisotopic (exact) mass is 291 g/mol. The maximum absolute atomic E-state index is 10.6. The molecule has 1 aromatic carbocycles. The minimum Gasteiger partial charge on any atom is -0.496 e.